The number of aromatic nitrogens is 2. The quantitative estimate of drug-likeness (QED) is 0.216. The van der Waals surface area contributed by atoms with Crippen molar-refractivity contribution in [3.8, 4) is 28.4 Å². The topological polar surface area (TPSA) is 152 Å². The smallest absolute Gasteiger partial charge is 0.258 e. The highest BCUT2D eigenvalue weighted by atomic mass is 32.2. The van der Waals surface area contributed by atoms with Gasteiger partial charge in [0.2, 0.25) is 5.91 Å². The van der Waals surface area contributed by atoms with E-state index in [-0.39, 0.29) is 42.7 Å². The van der Waals surface area contributed by atoms with Crippen molar-refractivity contribution in [3.05, 3.63) is 99.7 Å². The number of hydrogen-bond acceptors (Lipinski definition) is 9. The zero-order valence-corrected chi connectivity index (χ0v) is 27.6. The van der Waals surface area contributed by atoms with Crippen LogP contribution in [0.1, 0.15) is 28.0 Å². The number of nitrogens with zero attached hydrogens (tertiary/aromatic N) is 2. The standard InChI is InChI=1S/C35H34FN5O7S/c1-20-10-31(42)40-35(38-20)49-19-33(44)41-9-8-30-28(17-41)39-34(45)23-6-7-29(46-2)27(14-23)22-4-3-5-25(13-22)47-18-32(43)37-16-21-11-24(36)15-26(12-21)48-30/h3-7,10-15,28,30H,8-9,16-19H2,1-2H3,(H,37,43)(H,39,45)(H,38,40,42)/t28-,30-/m1/s1. The Labute approximate surface area is 285 Å². The first-order chi connectivity index (χ1) is 23.6. The average molecular weight is 688 g/mol. The molecule has 4 aromatic rings. The van der Waals surface area contributed by atoms with E-state index in [2.05, 4.69) is 20.6 Å². The van der Waals surface area contributed by atoms with Crippen LogP contribution >= 0.6 is 11.8 Å². The molecule has 14 heteroatoms. The van der Waals surface area contributed by atoms with Gasteiger partial charge in [0.1, 0.15) is 29.2 Å². The van der Waals surface area contributed by atoms with Gasteiger partial charge in [0.05, 0.1) is 18.9 Å². The van der Waals surface area contributed by atoms with E-state index in [0.717, 1.165) is 11.8 Å². The van der Waals surface area contributed by atoms with Gasteiger partial charge in [-0.2, -0.15) is 0 Å². The van der Waals surface area contributed by atoms with Crippen molar-refractivity contribution in [1.29, 1.82) is 0 Å². The van der Waals surface area contributed by atoms with Gasteiger partial charge in [0.15, 0.2) is 11.8 Å². The summed E-state index contributed by atoms with van der Waals surface area (Å²) in [4.78, 5) is 60.2. The normalized spacial score (nSPS) is 17.9. The second-order valence-electron chi connectivity index (χ2n) is 11.6. The minimum Gasteiger partial charge on any atom is -0.496 e. The number of aromatic amines is 1. The molecule has 3 amide bonds. The third-order valence-electron chi connectivity index (χ3n) is 8.08. The molecule has 0 unspecified atom stereocenters. The maximum absolute atomic E-state index is 14.7. The van der Waals surface area contributed by atoms with E-state index in [1.807, 2.05) is 6.07 Å². The van der Waals surface area contributed by atoms with Crippen LogP contribution in [0.25, 0.3) is 11.1 Å². The Bertz CT molecular complexity index is 1950. The first-order valence-corrected chi connectivity index (χ1v) is 16.6. The minimum atomic E-state index is -0.678. The van der Waals surface area contributed by atoms with Crippen LogP contribution in [0.4, 0.5) is 4.39 Å². The fraction of sp³-hybridized carbons (Fsp3) is 0.286. The number of likely N-dealkylation sites (tertiary alicyclic amines) is 1. The van der Waals surface area contributed by atoms with Gasteiger partial charge in [-0.15, -0.1) is 0 Å². The number of hydrogen-bond donors (Lipinski definition) is 3. The maximum atomic E-state index is 14.7. The molecule has 2 aliphatic heterocycles. The Morgan fingerprint density at radius 3 is 2.73 bits per heavy atom. The molecule has 0 radical (unpaired) electrons. The molecule has 2 atom stereocenters. The lowest BCUT2D eigenvalue weighted by molar-refractivity contribution is -0.130. The van der Waals surface area contributed by atoms with Crippen LogP contribution < -0.4 is 30.4 Å². The number of rotatable bonds is 4. The van der Waals surface area contributed by atoms with Crippen LogP contribution in [0.15, 0.2) is 76.7 Å². The van der Waals surface area contributed by atoms with Crippen LogP contribution in [0.2, 0.25) is 0 Å². The number of piperidine rings is 1. The van der Waals surface area contributed by atoms with Crippen molar-refractivity contribution < 1.29 is 33.0 Å². The zero-order chi connectivity index (χ0) is 34.5. The van der Waals surface area contributed by atoms with Gasteiger partial charge in [-0.05, 0) is 60.5 Å². The Kier molecular flexibility index (Phi) is 10.1. The van der Waals surface area contributed by atoms with Crippen LogP contribution in [-0.2, 0) is 16.1 Å². The van der Waals surface area contributed by atoms with Gasteiger partial charge >= 0.3 is 0 Å². The number of carbonyl (C=O) groups is 3. The van der Waals surface area contributed by atoms with Gasteiger partial charge in [-0.3, -0.25) is 19.2 Å². The summed E-state index contributed by atoms with van der Waals surface area (Å²) < 4.78 is 32.3. The first kappa shape index (κ1) is 33.5. The molecule has 1 saturated heterocycles. The Morgan fingerprint density at radius 1 is 1.06 bits per heavy atom. The maximum Gasteiger partial charge on any atom is 0.258 e. The van der Waals surface area contributed by atoms with E-state index in [0.29, 0.717) is 57.6 Å². The lowest BCUT2D eigenvalue weighted by Crippen LogP contribution is -2.58. The predicted molar refractivity (Wildman–Crippen MR) is 179 cm³/mol. The second-order valence-corrected chi connectivity index (χ2v) is 12.6. The number of H-pyrrole nitrogens is 1. The molecule has 1 fully saturated rings. The largest absolute Gasteiger partial charge is 0.496 e. The SMILES string of the molecule is COc1ccc2cc1-c1cccc(c1)OCC(=O)NCc1cc(F)cc(c1)O[C@@H]1CCN(C(=O)CSc3nc(C)cc(=O)[nH]3)C[C@H]1NC2=O. The molecular formula is C35H34FN5O7S. The van der Waals surface area contributed by atoms with Crippen molar-refractivity contribution in [3.63, 3.8) is 0 Å². The van der Waals surface area contributed by atoms with Crippen molar-refractivity contribution in [2.75, 3.05) is 32.6 Å². The molecular weight excluding hydrogens is 653 g/mol. The fourth-order valence-corrected chi connectivity index (χ4v) is 6.55. The van der Waals surface area contributed by atoms with E-state index in [4.69, 9.17) is 14.2 Å². The van der Waals surface area contributed by atoms with Crippen molar-refractivity contribution in [1.82, 2.24) is 25.5 Å². The van der Waals surface area contributed by atoms with E-state index >= 15 is 0 Å². The molecule has 6 bridgehead atoms. The molecule has 6 rings (SSSR count). The number of fused-ring (bicyclic) bond motifs is 8. The highest BCUT2D eigenvalue weighted by Gasteiger charge is 2.35. The summed E-state index contributed by atoms with van der Waals surface area (Å²) in [6, 6.07) is 16.9. The van der Waals surface area contributed by atoms with Crippen LogP contribution in [0, 0.1) is 12.7 Å². The van der Waals surface area contributed by atoms with Crippen molar-refractivity contribution >= 4 is 29.5 Å². The Morgan fingerprint density at radius 2 is 1.92 bits per heavy atom. The number of amides is 3. The number of nitrogens with one attached hydrogen (secondary N) is 3. The second kappa shape index (κ2) is 14.8. The number of aryl methyl sites for hydroxylation is 1. The van der Waals surface area contributed by atoms with E-state index in [1.54, 1.807) is 54.3 Å². The third kappa shape index (κ3) is 8.38. The van der Waals surface area contributed by atoms with Gasteiger partial charge < -0.3 is 34.7 Å². The molecule has 3 aromatic carbocycles. The number of benzene rings is 3. The summed E-state index contributed by atoms with van der Waals surface area (Å²) in [6.07, 6.45) is -0.286. The average Bonchev–Trinajstić information content (AvgIpc) is 3.08. The molecule has 0 spiro atoms. The van der Waals surface area contributed by atoms with E-state index < -0.39 is 29.8 Å². The first-order valence-electron chi connectivity index (χ1n) is 15.6. The number of methoxy groups -OCH3 is 1. The Balaban J connectivity index is 1.30. The number of halogens is 1. The lowest BCUT2D eigenvalue weighted by Gasteiger charge is -2.39. The molecule has 3 N–H and O–H groups in total. The number of thioether (sulfide) groups is 1. The van der Waals surface area contributed by atoms with Gasteiger partial charge in [0, 0.05) is 55.0 Å². The lowest BCUT2D eigenvalue weighted by atomic mass is 9.99. The highest BCUT2D eigenvalue weighted by Crippen LogP contribution is 2.33. The summed E-state index contributed by atoms with van der Waals surface area (Å²) in [6.45, 7) is 1.90. The zero-order valence-electron chi connectivity index (χ0n) is 26.8. The summed E-state index contributed by atoms with van der Waals surface area (Å²) in [5, 5.41) is 6.12. The van der Waals surface area contributed by atoms with Crippen LogP contribution in [-0.4, -0.2) is 77.3 Å². The highest BCUT2D eigenvalue weighted by molar-refractivity contribution is 7.99. The van der Waals surface area contributed by atoms with Gasteiger partial charge in [-0.1, -0.05) is 23.9 Å². The molecule has 0 saturated carbocycles. The molecule has 2 aliphatic rings. The summed E-state index contributed by atoms with van der Waals surface area (Å²) in [7, 11) is 1.53. The Hall–Kier alpha value is -5.37. The van der Waals surface area contributed by atoms with E-state index in [1.165, 1.54) is 25.3 Å². The summed E-state index contributed by atoms with van der Waals surface area (Å²) >= 11 is 1.12. The molecule has 49 heavy (non-hydrogen) atoms. The molecule has 254 valence electrons. The predicted octanol–water partition coefficient (Wildman–Crippen LogP) is 3.47. The van der Waals surface area contributed by atoms with Crippen molar-refractivity contribution in [2.24, 2.45) is 0 Å². The van der Waals surface area contributed by atoms with Crippen LogP contribution in [0.3, 0.4) is 0 Å². The monoisotopic (exact) mass is 687 g/mol. The fourth-order valence-electron chi connectivity index (χ4n) is 5.72. The summed E-state index contributed by atoms with van der Waals surface area (Å²) in [5.41, 5.74) is 2.37. The summed E-state index contributed by atoms with van der Waals surface area (Å²) in [5.74, 6) is -0.387. The van der Waals surface area contributed by atoms with Gasteiger partial charge in [-0.25, -0.2) is 9.37 Å². The minimum absolute atomic E-state index is 0.0160. The number of ether oxygens (including phenoxy) is 3. The third-order valence-corrected chi connectivity index (χ3v) is 8.94. The van der Waals surface area contributed by atoms with Gasteiger partial charge in [0.25, 0.3) is 17.4 Å². The molecule has 3 heterocycles. The molecule has 0 aliphatic carbocycles. The molecule has 1 aromatic heterocycles. The van der Waals surface area contributed by atoms with Crippen LogP contribution in [0.5, 0.6) is 17.2 Å². The molecule has 12 nitrogen and oxygen atoms in total. The van der Waals surface area contributed by atoms with E-state index in [9.17, 15) is 23.6 Å². The number of carbonyl (C=O) groups excluding carboxylic acids is 3. The van der Waals surface area contributed by atoms with Crippen molar-refractivity contribution in [2.45, 2.75) is 37.2 Å².